The molecule has 0 aliphatic carbocycles. The summed E-state index contributed by atoms with van der Waals surface area (Å²) < 4.78 is 1.96. The van der Waals surface area contributed by atoms with E-state index in [1.807, 2.05) is 29.2 Å². The number of aromatic nitrogens is 4. The number of nitrogens with zero attached hydrogens (tertiary/aromatic N) is 5. The molecule has 1 aliphatic heterocycles. The van der Waals surface area contributed by atoms with Crippen molar-refractivity contribution in [2.45, 2.75) is 26.3 Å². The number of anilines is 2. The summed E-state index contributed by atoms with van der Waals surface area (Å²) in [5, 5.41) is 7.64. The molecular formula is C15H22N6. The fraction of sp³-hybridized carbons (Fsp3) is 0.533. The summed E-state index contributed by atoms with van der Waals surface area (Å²) in [4.78, 5) is 11.0. The van der Waals surface area contributed by atoms with Gasteiger partial charge in [0.15, 0.2) is 0 Å². The van der Waals surface area contributed by atoms with Gasteiger partial charge in [-0.3, -0.25) is 4.68 Å². The van der Waals surface area contributed by atoms with Crippen LogP contribution in [0.3, 0.4) is 0 Å². The van der Waals surface area contributed by atoms with Crippen LogP contribution in [0, 0.1) is 5.92 Å². The molecule has 1 saturated heterocycles. The van der Waals surface area contributed by atoms with Gasteiger partial charge in [0.25, 0.3) is 0 Å². The van der Waals surface area contributed by atoms with E-state index in [2.05, 4.69) is 32.2 Å². The van der Waals surface area contributed by atoms with Crippen molar-refractivity contribution < 1.29 is 0 Å². The lowest BCUT2D eigenvalue weighted by Gasteiger charge is -2.17. The SMILES string of the molecule is CC(CNc1cc(N2CCCC2)ncn1)Cn1cccn1. The number of nitrogens with one attached hydrogen (secondary N) is 1. The molecule has 2 aromatic heterocycles. The monoisotopic (exact) mass is 286 g/mol. The van der Waals surface area contributed by atoms with E-state index in [1.54, 1.807) is 6.33 Å². The van der Waals surface area contributed by atoms with Crippen LogP contribution >= 0.6 is 0 Å². The summed E-state index contributed by atoms with van der Waals surface area (Å²) in [7, 11) is 0. The van der Waals surface area contributed by atoms with Crippen molar-refractivity contribution in [3.63, 3.8) is 0 Å². The van der Waals surface area contributed by atoms with E-state index < -0.39 is 0 Å². The first-order valence-corrected chi connectivity index (χ1v) is 7.59. The zero-order valence-corrected chi connectivity index (χ0v) is 12.4. The Morgan fingerprint density at radius 1 is 1.29 bits per heavy atom. The normalized spacial score (nSPS) is 16.1. The molecule has 0 amide bonds. The first-order valence-electron chi connectivity index (χ1n) is 7.59. The lowest BCUT2D eigenvalue weighted by Crippen LogP contribution is -2.20. The first-order chi connectivity index (χ1) is 10.3. The van der Waals surface area contributed by atoms with E-state index in [9.17, 15) is 0 Å². The zero-order valence-electron chi connectivity index (χ0n) is 12.4. The molecule has 0 saturated carbocycles. The summed E-state index contributed by atoms with van der Waals surface area (Å²) in [5.74, 6) is 2.42. The van der Waals surface area contributed by atoms with Crippen LogP contribution in [0.2, 0.25) is 0 Å². The molecule has 1 aliphatic rings. The van der Waals surface area contributed by atoms with Crippen LogP contribution in [-0.2, 0) is 6.54 Å². The highest BCUT2D eigenvalue weighted by molar-refractivity contribution is 5.48. The minimum atomic E-state index is 0.482. The van der Waals surface area contributed by atoms with E-state index in [0.717, 1.165) is 37.8 Å². The van der Waals surface area contributed by atoms with Gasteiger partial charge in [-0.1, -0.05) is 6.92 Å². The topological polar surface area (TPSA) is 58.9 Å². The molecule has 1 N–H and O–H groups in total. The average molecular weight is 286 g/mol. The largest absolute Gasteiger partial charge is 0.370 e. The minimum absolute atomic E-state index is 0.482. The summed E-state index contributed by atoms with van der Waals surface area (Å²) in [6.45, 7) is 6.19. The summed E-state index contributed by atoms with van der Waals surface area (Å²) in [6, 6.07) is 4.00. The van der Waals surface area contributed by atoms with Gasteiger partial charge in [-0.05, 0) is 24.8 Å². The molecule has 1 atom stereocenters. The maximum absolute atomic E-state index is 4.37. The van der Waals surface area contributed by atoms with E-state index in [4.69, 9.17) is 0 Å². The summed E-state index contributed by atoms with van der Waals surface area (Å²) >= 11 is 0. The molecule has 0 aromatic carbocycles. The second kappa shape index (κ2) is 6.56. The lowest BCUT2D eigenvalue weighted by atomic mass is 10.2. The summed E-state index contributed by atoms with van der Waals surface area (Å²) in [6.07, 6.45) is 7.97. The molecule has 1 fully saturated rings. The van der Waals surface area contributed by atoms with Gasteiger partial charge in [-0.15, -0.1) is 0 Å². The van der Waals surface area contributed by atoms with Crippen molar-refractivity contribution in [3.8, 4) is 0 Å². The molecule has 112 valence electrons. The molecule has 0 spiro atoms. The third-order valence-electron chi connectivity index (χ3n) is 3.77. The predicted octanol–water partition coefficient (Wildman–Crippen LogP) is 2.02. The highest BCUT2D eigenvalue weighted by atomic mass is 15.3. The Morgan fingerprint density at radius 2 is 2.14 bits per heavy atom. The number of hydrogen-bond donors (Lipinski definition) is 1. The standard InChI is InChI=1S/C15H22N6/c1-13(11-21-8-4-5-19-21)10-16-14-9-15(18-12-17-14)20-6-2-3-7-20/h4-5,8-9,12-13H,2-3,6-7,10-11H2,1H3,(H,16,17,18). The molecule has 2 aromatic rings. The van der Waals surface area contributed by atoms with Gasteiger partial charge in [-0.2, -0.15) is 5.10 Å². The van der Waals surface area contributed by atoms with Gasteiger partial charge in [-0.25, -0.2) is 9.97 Å². The minimum Gasteiger partial charge on any atom is -0.370 e. The fourth-order valence-corrected chi connectivity index (χ4v) is 2.63. The van der Waals surface area contributed by atoms with Crippen LogP contribution < -0.4 is 10.2 Å². The highest BCUT2D eigenvalue weighted by Gasteiger charge is 2.14. The third kappa shape index (κ3) is 3.71. The van der Waals surface area contributed by atoms with Crippen molar-refractivity contribution >= 4 is 11.6 Å². The first kappa shape index (κ1) is 13.9. The second-order valence-corrected chi connectivity index (χ2v) is 5.67. The van der Waals surface area contributed by atoms with Crippen molar-refractivity contribution in [3.05, 3.63) is 30.9 Å². The van der Waals surface area contributed by atoms with Crippen LogP contribution in [0.1, 0.15) is 19.8 Å². The maximum Gasteiger partial charge on any atom is 0.134 e. The predicted molar refractivity (Wildman–Crippen MR) is 83.4 cm³/mol. The molecule has 1 unspecified atom stereocenters. The number of rotatable bonds is 6. The van der Waals surface area contributed by atoms with Crippen molar-refractivity contribution in [2.24, 2.45) is 5.92 Å². The third-order valence-corrected chi connectivity index (χ3v) is 3.77. The Morgan fingerprint density at radius 3 is 2.90 bits per heavy atom. The smallest absolute Gasteiger partial charge is 0.134 e. The molecule has 6 nitrogen and oxygen atoms in total. The fourth-order valence-electron chi connectivity index (χ4n) is 2.63. The Balaban J connectivity index is 1.53. The van der Waals surface area contributed by atoms with Crippen LogP contribution in [-0.4, -0.2) is 39.4 Å². The quantitative estimate of drug-likeness (QED) is 0.880. The Hall–Kier alpha value is -2.11. The summed E-state index contributed by atoms with van der Waals surface area (Å²) in [5.41, 5.74) is 0. The maximum atomic E-state index is 4.37. The van der Waals surface area contributed by atoms with E-state index in [-0.39, 0.29) is 0 Å². The second-order valence-electron chi connectivity index (χ2n) is 5.67. The number of hydrogen-bond acceptors (Lipinski definition) is 5. The van der Waals surface area contributed by atoms with Gasteiger partial charge < -0.3 is 10.2 Å². The zero-order chi connectivity index (χ0) is 14.5. The van der Waals surface area contributed by atoms with Crippen LogP contribution in [0.4, 0.5) is 11.6 Å². The Kier molecular flexibility index (Phi) is 4.33. The highest BCUT2D eigenvalue weighted by Crippen LogP contribution is 2.19. The van der Waals surface area contributed by atoms with E-state index in [1.165, 1.54) is 12.8 Å². The van der Waals surface area contributed by atoms with Crippen LogP contribution in [0.15, 0.2) is 30.9 Å². The molecular weight excluding hydrogens is 264 g/mol. The average Bonchev–Trinajstić information content (AvgIpc) is 3.19. The molecule has 0 bridgehead atoms. The van der Waals surface area contributed by atoms with Crippen molar-refractivity contribution in [2.75, 3.05) is 29.9 Å². The van der Waals surface area contributed by atoms with Gasteiger partial charge in [0.1, 0.15) is 18.0 Å². The van der Waals surface area contributed by atoms with Crippen molar-refractivity contribution in [1.29, 1.82) is 0 Å². The van der Waals surface area contributed by atoms with Crippen molar-refractivity contribution in [1.82, 2.24) is 19.7 Å². The van der Waals surface area contributed by atoms with Gasteiger partial charge in [0.05, 0.1) is 0 Å². The van der Waals surface area contributed by atoms with E-state index in [0.29, 0.717) is 5.92 Å². The molecule has 0 radical (unpaired) electrons. The molecule has 21 heavy (non-hydrogen) atoms. The molecule has 6 heteroatoms. The van der Waals surface area contributed by atoms with Crippen LogP contribution in [0.25, 0.3) is 0 Å². The molecule has 3 rings (SSSR count). The Bertz CT molecular complexity index is 547. The lowest BCUT2D eigenvalue weighted by molar-refractivity contribution is 0.467. The molecule has 3 heterocycles. The van der Waals surface area contributed by atoms with Crippen LogP contribution in [0.5, 0.6) is 0 Å². The van der Waals surface area contributed by atoms with Gasteiger partial charge in [0, 0.05) is 44.6 Å². The van der Waals surface area contributed by atoms with Gasteiger partial charge >= 0.3 is 0 Å². The van der Waals surface area contributed by atoms with Gasteiger partial charge in [0.2, 0.25) is 0 Å². The van der Waals surface area contributed by atoms with E-state index >= 15 is 0 Å². The Labute approximate surface area is 125 Å².